The van der Waals surface area contributed by atoms with E-state index in [0.29, 0.717) is 12.4 Å². The Balaban J connectivity index is 1.16. The van der Waals surface area contributed by atoms with E-state index in [1.807, 2.05) is 49.4 Å². The Morgan fingerprint density at radius 3 is 2.97 bits per heavy atom. The summed E-state index contributed by atoms with van der Waals surface area (Å²) >= 11 is 1.39. The molecule has 0 saturated heterocycles. The lowest BCUT2D eigenvalue weighted by molar-refractivity contribution is -0.118. The maximum atomic E-state index is 12.4. The van der Waals surface area contributed by atoms with Gasteiger partial charge >= 0.3 is 0 Å². The first-order valence-corrected chi connectivity index (χ1v) is 11.6. The van der Waals surface area contributed by atoms with Crippen LogP contribution in [0.15, 0.2) is 53.7 Å². The number of thioether (sulfide) groups is 1. The molecule has 168 valence electrons. The van der Waals surface area contributed by atoms with E-state index >= 15 is 0 Å². The Labute approximate surface area is 195 Å². The molecule has 0 radical (unpaired) electrons. The van der Waals surface area contributed by atoms with E-state index < -0.39 is 0 Å². The van der Waals surface area contributed by atoms with Gasteiger partial charge in [-0.15, -0.1) is 10.2 Å². The minimum absolute atomic E-state index is 0.0579. The number of amides is 1. The highest BCUT2D eigenvalue weighted by Crippen LogP contribution is 2.38. The molecule has 0 bridgehead atoms. The first kappa shape index (κ1) is 21.3. The van der Waals surface area contributed by atoms with Crippen molar-refractivity contribution < 1.29 is 14.3 Å². The minimum atomic E-state index is -0.129. The van der Waals surface area contributed by atoms with Crippen molar-refractivity contribution in [2.45, 2.75) is 24.6 Å². The molecule has 2 aromatic carbocycles. The SMILES string of the molecule is COc1ccc(-c2cccc3c2O[C@H](CNC(=O)CSc2nc4ccc(C)cc4[nH]2)C3)nn1. The fraction of sp³-hybridized carbons (Fsp3) is 0.250. The van der Waals surface area contributed by atoms with Gasteiger partial charge < -0.3 is 19.8 Å². The van der Waals surface area contributed by atoms with Gasteiger partial charge in [-0.3, -0.25) is 4.79 Å². The third-order valence-corrected chi connectivity index (χ3v) is 6.31. The van der Waals surface area contributed by atoms with E-state index in [0.717, 1.165) is 45.2 Å². The van der Waals surface area contributed by atoms with Crippen LogP contribution < -0.4 is 14.8 Å². The van der Waals surface area contributed by atoms with Gasteiger partial charge in [0.25, 0.3) is 0 Å². The van der Waals surface area contributed by atoms with Gasteiger partial charge in [0.15, 0.2) is 5.16 Å². The van der Waals surface area contributed by atoms with E-state index in [4.69, 9.17) is 9.47 Å². The number of methoxy groups -OCH3 is 1. The van der Waals surface area contributed by atoms with Crippen molar-refractivity contribution in [1.29, 1.82) is 0 Å². The number of rotatable bonds is 7. The number of ether oxygens (including phenoxy) is 2. The van der Waals surface area contributed by atoms with Crippen LogP contribution >= 0.6 is 11.8 Å². The summed E-state index contributed by atoms with van der Waals surface area (Å²) in [6.07, 6.45) is 0.596. The van der Waals surface area contributed by atoms with Gasteiger partial charge in [0.05, 0.1) is 36.1 Å². The first-order chi connectivity index (χ1) is 16.1. The molecular formula is C24H23N5O3S. The number of carbonyl (C=O) groups is 1. The maximum Gasteiger partial charge on any atom is 0.233 e. The zero-order chi connectivity index (χ0) is 22.8. The number of hydrogen-bond acceptors (Lipinski definition) is 7. The van der Waals surface area contributed by atoms with Crippen LogP contribution in [0.4, 0.5) is 0 Å². The molecule has 8 nitrogen and oxygen atoms in total. The molecular weight excluding hydrogens is 438 g/mol. The Kier molecular flexibility index (Phi) is 5.87. The lowest BCUT2D eigenvalue weighted by Crippen LogP contribution is -2.35. The summed E-state index contributed by atoms with van der Waals surface area (Å²) in [6.45, 7) is 2.47. The van der Waals surface area contributed by atoms with Crippen molar-refractivity contribution in [2.75, 3.05) is 19.4 Å². The van der Waals surface area contributed by atoms with Crippen molar-refractivity contribution in [3.05, 3.63) is 59.7 Å². The van der Waals surface area contributed by atoms with Crippen molar-refractivity contribution in [3.63, 3.8) is 0 Å². The van der Waals surface area contributed by atoms with Crippen molar-refractivity contribution in [3.8, 4) is 22.9 Å². The van der Waals surface area contributed by atoms with Crippen LogP contribution in [-0.4, -0.2) is 51.6 Å². The summed E-state index contributed by atoms with van der Waals surface area (Å²) in [4.78, 5) is 20.2. The largest absolute Gasteiger partial charge is 0.487 e. The molecule has 4 aromatic rings. The number of aromatic amines is 1. The second-order valence-corrected chi connectivity index (χ2v) is 8.82. The number of para-hydroxylation sites is 1. The monoisotopic (exact) mass is 461 g/mol. The average Bonchev–Trinajstić information content (AvgIpc) is 3.44. The zero-order valence-electron chi connectivity index (χ0n) is 18.3. The third kappa shape index (κ3) is 4.63. The van der Waals surface area contributed by atoms with E-state index in [9.17, 15) is 4.79 Å². The molecule has 1 aliphatic heterocycles. The number of carbonyl (C=O) groups excluding carboxylic acids is 1. The van der Waals surface area contributed by atoms with Crippen LogP contribution in [0.25, 0.3) is 22.3 Å². The summed E-state index contributed by atoms with van der Waals surface area (Å²) in [6, 6.07) is 15.7. The second-order valence-electron chi connectivity index (χ2n) is 7.85. The van der Waals surface area contributed by atoms with Crippen molar-refractivity contribution >= 4 is 28.7 Å². The number of H-pyrrole nitrogens is 1. The first-order valence-electron chi connectivity index (χ1n) is 10.6. The molecule has 0 fully saturated rings. The van der Waals surface area contributed by atoms with Crippen molar-refractivity contribution in [2.24, 2.45) is 0 Å². The Morgan fingerprint density at radius 2 is 2.15 bits per heavy atom. The van der Waals surface area contributed by atoms with Crippen LogP contribution in [0.3, 0.4) is 0 Å². The molecule has 0 unspecified atom stereocenters. The summed E-state index contributed by atoms with van der Waals surface area (Å²) in [5, 5.41) is 12.0. The smallest absolute Gasteiger partial charge is 0.233 e. The van der Waals surface area contributed by atoms with Gasteiger partial charge in [-0.2, -0.15) is 0 Å². The van der Waals surface area contributed by atoms with E-state index in [2.05, 4.69) is 25.5 Å². The topological polar surface area (TPSA) is 102 Å². The highest BCUT2D eigenvalue weighted by atomic mass is 32.2. The predicted octanol–water partition coefficient (Wildman–Crippen LogP) is 3.55. The van der Waals surface area contributed by atoms with Crippen molar-refractivity contribution in [1.82, 2.24) is 25.5 Å². The van der Waals surface area contributed by atoms with Crippen LogP contribution in [0.5, 0.6) is 11.6 Å². The number of nitrogens with one attached hydrogen (secondary N) is 2. The Bertz CT molecular complexity index is 1310. The second kappa shape index (κ2) is 9.11. The van der Waals surface area contributed by atoms with E-state index in [-0.39, 0.29) is 17.8 Å². The van der Waals surface area contributed by atoms with Gasteiger partial charge in [-0.05, 0) is 42.3 Å². The fourth-order valence-electron chi connectivity index (χ4n) is 3.81. The normalized spacial score (nSPS) is 14.7. The molecule has 0 saturated carbocycles. The molecule has 2 aromatic heterocycles. The average molecular weight is 462 g/mol. The zero-order valence-corrected chi connectivity index (χ0v) is 19.1. The predicted molar refractivity (Wildman–Crippen MR) is 127 cm³/mol. The number of aryl methyl sites for hydroxylation is 1. The minimum Gasteiger partial charge on any atom is -0.487 e. The van der Waals surface area contributed by atoms with Gasteiger partial charge in [0.2, 0.25) is 11.8 Å². The summed E-state index contributed by atoms with van der Waals surface area (Å²) in [5.74, 6) is 1.48. The van der Waals surface area contributed by atoms with Crippen LogP contribution in [0.1, 0.15) is 11.1 Å². The van der Waals surface area contributed by atoms with Crippen LogP contribution in [0.2, 0.25) is 0 Å². The van der Waals surface area contributed by atoms with E-state index in [1.165, 1.54) is 17.3 Å². The number of benzene rings is 2. The molecule has 9 heteroatoms. The quantitative estimate of drug-likeness (QED) is 0.406. The molecule has 3 heterocycles. The van der Waals surface area contributed by atoms with Gasteiger partial charge in [-0.25, -0.2) is 4.98 Å². The molecule has 2 N–H and O–H groups in total. The number of aromatic nitrogens is 4. The number of hydrogen-bond donors (Lipinski definition) is 2. The summed E-state index contributed by atoms with van der Waals surface area (Å²) in [5.41, 5.74) is 5.74. The standard InChI is InChI=1S/C24H23N5O3S/c1-14-6-7-19-20(10-14)27-24(26-19)33-13-21(30)25-12-16-11-15-4-3-5-17(23(15)32-16)18-8-9-22(31-2)29-28-18/h3-10,16H,11-13H2,1-2H3,(H,25,30)(H,26,27)/t16-/m0/s1. The van der Waals surface area contributed by atoms with Gasteiger partial charge in [0, 0.05) is 18.1 Å². The molecule has 5 rings (SSSR count). The maximum absolute atomic E-state index is 12.4. The van der Waals surface area contributed by atoms with Gasteiger partial charge in [0.1, 0.15) is 11.9 Å². The highest BCUT2D eigenvalue weighted by Gasteiger charge is 2.26. The lowest BCUT2D eigenvalue weighted by Gasteiger charge is -2.13. The van der Waals surface area contributed by atoms with E-state index in [1.54, 1.807) is 13.2 Å². The molecule has 1 amide bonds. The number of imidazole rings is 1. The number of nitrogens with zero attached hydrogens (tertiary/aromatic N) is 3. The fourth-order valence-corrected chi connectivity index (χ4v) is 4.52. The molecule has 0 aliphatic carbocycles. The third-order valence-electron chi connectivity index (χ3n) is 5.44. The summed E-state index contributed by atoms with van der Waals surface area (Å²) in [7, 11) is 1.56. The number of fused-ring (bicyclic) bond motifs is 2. The molecule has 1 atom stereocenters. The summed E-state index contributed by atoms with van der Waals surface area (Å²) < 4.78 is 11.3. The Hall–Kier alpha value is -3.59. The molecule has 1 aliphatic rings. The van der Waals surface area contributed by atoms with Crippen LogP contribution in [0, 0.1) is 6.92 Å². The molecule has 0 spiro atoms. The van der Waals surface area contributed by atoms with Gasteiger partial charge in [-0.1, -0.05) is 30.0 Å². The highest BCUT2D eigenvalue weighted by molar-refractivity contribution is 7.99. The molecule has 33 heavy (non-hydrogen) atoms. The Morgan fingerprint density at radius 1 is 1.24 bits per heavy atom. The van der Waals surface area contributed by atoms with Crippen LogP contribution in [-0.2, 0) is 11.2 Å². The lowest BCUT2D eigenvalue weighted by atomic mass is 10.0.